The number of carbonyl (C=O) groups is 3. The highest BCUT2D eigenvalue weighted by molar-refractivity contribution is 7.71. The van der Waals surface area contributed by atoms with Crippen molar-refractivity contribution in [1.29, 1.82) is 0 Å². The number of imide groups is 1. The Hall–Kier alpha value is -3.59. The van der Waals surface area contributed by atoms with Gasteiger partial charge in [0.15, 0.2) is 10.6 Å². The fourth-order valence-corrected chi connectivity index (χ4v) is 4.25. The lowest BCUT2D eigenvalue weighted by atomic mass is 10.1. The summed E-state index contributed by atoms with van der Waals surface area (Å²) in [6, 6.07) is 14.6. The van der Waals surface area contributed by atoms with Crippen LogP contribution in [0.3, 0.4) is 0 Å². The molecule has 1 saturated carbocycles. The Kier molecular flexibility index (Phi) is 5.18. The van der Waals surface area contributed by atoms with Gasteiger partial charge in [-0.25, -0.2) is 0 Å². The molecule has 162 valence electrons. The molecule has 32 heavy (non-hydrogen) atoms. The van der Waals surface area contributed by atoms with Crippen molar-refractivity contribution in [2.45, 2.75) is 31.8 Å². The lowest BCUT2D eigenvalue weighted by molar-refractivity contribution is 0.0656. The Bertz CT molecular complexity index is 1280. The van der Waals surface area contributed by atoms with E-state index in [2.05, 4.69) is 15.5 Å². The van der Waals surface area contributed by atoms with Crippen LogP contribution in [0.2, 0.25) is 0 Å². The molecule has 1 fully saturated rings. The largest absolute Gasteiger partial charge is 0.345 e. The highest BCUT2D eigenvalue weighted by Crippen LogP contribution is 2.35. The molecular formula is C23H21N5O3S. The van der Waals surface area contributed by atoms with Crippen LogP contribution in [0.1, 0.15) is 61.3 Å². The molecule has 1 aromatic heterocycles. The zero-order valence-electron chi connectivity index (χ0n) is 17.2. The van der Waals surface area contributed by atoms with Gasteiger partial charge in [0.1, 0.15) is 0 Å². The average Bonchev–Trinajstić information content (AvgIpc) is 3.54. The Labute approximate surface area is 189 Å². The van der Waals surface area contributed by atoms with Crippen LogP contribution in [0, 0.1) is 4.77 Å². The second-order valence-corrected chi connectivity index (χ2v) is 8.37. The van der Waals surface area contributed by atoms with Gasteiger partial charge in [0.2, 0.25) is 0 Å². The van der Waals surface area contributed by atoms with E-state index in [-0.39, 0.29) is 29.8 Å². The van der Waals surface area contributed by atoms with E-state index < -0.39 is 0 Å². The van der Waals surface area contributed by atoms with E-state index in [1.807, 2.05) is 34.9 Å². The number of amides is 3. The SMILES string of the molecule is O=C(NCc1n[nH]c(=S)n1C1CC1)c1ccc2c(c1)C(=O)N(CCc1ccccc1)C2=O. The van der Waals surface area contributed by atoms with Crippen LogP contribution in [0.4, 0.5) is 0 Å². The quantitative estimate of drug-likeness (QED) is 0.428. The monoisotopic (exact) mass is 447 g/mol. The van der Waals surface area contributed by atoms with Gasteiger partial charge >= 0.3 is 0 Å². The van der Waals surface area contributed by atoms with Crippen molar-refractivity contribution in [2.75, 3.05) is 6.54 Å². The van der Waals surface area contributed by atoms with Crippen molar-refractivity contribution < 1.29 is 14.4 Å². The number of benzene rings is 2. The summed E-state index contributed by atoms with van der Waals surface area (Å²) in [7, 11) is 0. The molecule has 0 bridgehead atoms. The van der Waals surface area contributed by atoms with Crippen LogP contribution in [-0.4, -0.2) is 43.9 Å². The fourth-order valence-electron chi connectivity index (χ4n) is 3.95. The first-order valence-electron chi connectivity index (χ1n) is 10.5. The van der Waals surface area contributed by atoms with Crippen LogP contribution in [0.5, 0.6) is 0 Å². The number of aromatic nitrogens is 3. The van der Waals surface area contributed by atoms with Crippen LogP contribution < -0.4 is 5.32 Å². The van der Waals surface area contributed by atoms with Crippen molar-refractivity contribution in [2.24, 2.45) is 0 Å². The molecular weight excluding hydrogens is 426 g/mol. The summed E-state index contributed by atoms with van der Waals surface area (Å²) < 4.78 is 2.49. The van der Waals surface area contributed by atoms with E-state index in [1.165, 1.54) is 11.0 Å². The number of hydrogen-bond acceptors (Lipinski definition) is 5. The van der Waals surface area contributed by atoms with E-state index >= 15 is 0 Å². The highest BCUT2D eigenvalue weighted by Gasteiger charge is 2.35. The van der Waals surface area contributed by atoms with Crippen molar-refractivity contribution in [3.63, 3.8) is 0 Å². The Balaban J connectivity index is 1.28. The number of H-pyrrole nitrogens is 1. The average molecular weight is 448 g/mol. The molecule has 3 aromatic rings. The summed E-state index contributed by atoms with van der Waals surface area (Å²) in [5.74, 6) is -0.365. The van der Waals surface area contributed by atoms with Gasteiger partial charge in [-0.05, 0) is 55.2 Å². The third-order valence-electron chi connectivity index (χ3n) is 5.80. The minimum Gasteiger partial charge on any atom is -0.345 e. The zero-order valence-corrected chi connectivity index (χ0v) is 18.0. The maximum Gasteiger partial charge on any atom is 0.261 e. The maximum absolute atomic E-state index is 12.9. The molecule has 0 spiro atoms. The first-order chi connectivity index (χ1) is 15.5. The normalized spacial score (nSPS) is 15.2. The summed E-state index contributed by atoms with van der Waals surface area (Å²) in [5, 5.41) is 9.80. The topological polar surface area (TPSA) is 100 Å². The van der Waals surface area contributed by atoms with E-state index in [0.29, 0.717) is 40.7 Å². The molecule has 0 saturated heterocycles. The summed E-state index contributed by atoms with van der Waals surface area (Å²) in [6.45, 7) is 0.511. The fraction of sp³-hybridized carbons (Fsp3) is 0.261. The molecule has 2 N–H and O–H groups in total. The second-order valence-electron chi connectivity index (χ2n) is 7.99. The predicted molar refractivity (Wildman–Crippen MR) is 119 cm³/mol. The minimum absolute atomic E-state index is 0.218. The summed E-state index contributed by atoms with van der Waals surface area (Å²) in [6.07, 6.45) is 2.68. The molecule has 0 unspecified atom stereocenters. The molecule has 0 radical (unpaired) electrons. The Morgan fingerprint density at radius 2 is 1.84 bits per heavy atom. The standard InChI is InChI=1S/C23H21N5O3S/c29-20(24-13-19-25-26-23(32)28(19)16-7-8-16)15-6-9-17-18(12-15)22(31)27(21(17)30)11-10-14-4-2-1-3-5-14/h1-6,9,12,16H,7-8,10-11,13H2,(H,24,29)(H,26,32). The number of nitrogens with zero attached hydrogens (tertiary/aromatic N) is 3. The number of carbonyl (C=O) groups excluding carboxylic acids is 3. The third-order valence-corrected chi connectivity index (χ3v) is 6.08. The molecule has 0 atom stereocenters. The lowest BCUT2D eigenvalue weighted by Crippen LogP contribution is -2.31. The zero-order chi connectivity index (χ0) is 22.2. The molecule has 3 amide bonds. The van der Waals surface area contributed by atoms with Gasteiger partial charge in [-0.3, -0.25) is 28.9 Å². The van der Waals surface area contributed by atoms with E-state index in [0.717, 1.165) is 18.4 Å². The van der Waals surface area contributed by atoms with Gasteiger partial charge in [-0.2, -0.15) is 5.10 Å². The summed E-state index contributed by atoms with van der Waals surface area (Å²) in [5.41, 5.74) is 1.96. The van der Waals surface area contributed by atoms with E-state index in [9.17, 15) is 14.4 Å². The molecule has 2 heterocycles. The van der Waals surface area contributed by atoms with Crippen LogP contribution in [-0.2, 0) is 13.0 Å². The Morgan fingerprint density at radius 1 is 1.09 bits per heavy atom. The third kappa shape index (κ3) is 3.75. The van der Waals surface area contributed by atoms with E-state index in [4.69, 9.17) is 12.2 Å². The van der Waals surface area contributed by atoms with Crippen LogP contribution >= 0.6 is 12.2 Å². The Morgan fingerprint density at radius 3 is 2.59 bits per heavy atom. The smallest absolute Gasteiger partial charge is 0.261 e. The molecule has 9 heteroatoms. The predicted octanol–water partition coefficient (Wildman–Crippen LogP) is 3.04. The molecule has 8 nitrogen and oxygen atoms in total. The van der Waals surface area contributed by atoms with Gasteiger partial charge in [-0.15, -0.1) is 0 Å². The maximum atomic E-state index is 12.9. The van der Waals surface area contributed by atoms with Crippen molar-refractivity contribution in [3.05, 3.63) is 81.4 Å². The van der Waals surface area contributed by atoms with Gasteiger partial charge in [-0.1, -0.05) is 30.3 Å². The van der Waals surface area contributed by atoms with Gasteiger partial charge in [0.05, 0.1) is 17.7 Å². The first kappa shape index (κ1) is 20.3. The van der Waals surface area contributed by atoms with E-state index in [1.54, 1.807) is 12.1 Å². The summed E-state index contributed by atoms with van der Waals surface area (Å²) in [4.78, 5) is 39.5. The summed E-state index contributed by atoms with van der Waals surface area (Å²) >= 11 is 5.26. The van der Waals surface area contributed by atoms with Crippen molar-refractivity contribution >= 4 is 29.9 Å². The molecule has 1 aliphatic heterocycles. The number of hydrogen-bond donors (Lipinski definition) is 2. The lowest BCUT2D eigenvalue weighted by Gasteiger charge is -2.13. The number of rotatable bonds is 7. The van der Waals surface area contributed by atoms with Gasteiger partial charge < -0.3 is 5.32 Å². The number of aromatic amines is 1. The number of nitrogens with one attached hydrogen (secondary N) is 2. The van der Waals surface area contributed by atoms with Crippen molar-refractivity contribution in [3.8, 4) is 0 Å². The van der Waals surface area contributed by atoms with Crippen LogP contribution in [0.25, 0.3) is 0 Å². The van der Waals surface area contributed by atoms with Gasteiger partial charge in [0.25, 0.3) is 17.7 Å². The number of fused-ring (bicyclic) bond motifs is 1. The molecule has 5 rings (SSSR count). The second kappa shape index (κ2) is 8.16. The molecule has 1 aliphatic carbocycles. The van der Waals surface area contributed by atoms with Gasteiger partial charge in [0, 0.05) is 18.2 Å². The van der Waals surface area contributed by atoms with Crippen molar-refractivity contribution in [1.82, 2.24) is 25.0 Å². The van der Waals surface area contributed by atoms with Crippen LogP contribution in [0.15, 0.2) is 48.5 Å². The molecule has 2 aromatic carbocycles. The highest BCUT2D eigenvalue weighted by atomic mass is 32.1. The minimum atomic E-state index is -0.370. The first-order valence-corrected chi connectivity index (χ1v) is 10.9. The molecule has 2 aliphatic rings.